The van der Waals surface area contributed by atoms with Crippen molar-refractivity contribution in [3.63, 3.8) is 0 Å². The molecule has 0 unspecified atom stereocenters. The van der Waals surface area contributed by atoms with Gasteiger partial charge in [0.1, 0.15) is 0 Å². The molecule has 25 heavy (non-hydrogen) atoms. The van der Waals surface area contributed by atoms with Crippen LogP contribution in [0.5, 0.6) is 0 Å². The van der Waals surface area contributed by atoms with Gasteiger partial charge in [-0.15, -0.1) is 0 Å². The van der Waals surface area contributed by atoms with E-state index in [1.54, 1.807) is 11.9 Å². The Labute approximate surface area is 154 Å². The van der Waals surface area contributed by atoms with E-state index in [-0.39, 0.29) is 34.3 Å². The Bertz CT molecular complexity index is 671. The first-order valence-electron chi connectivity index (χ1n) is 8.16. The molecule has 1 fully saturated rings. The lowest BCUT2D eigenvalue weighted by atomic mass is 9.87. The molecule has 0 atom stereocenters. The number of esters is 1. The van der Waals surface area contributed by atoms with Crippen molar-refractivity contribution in [2.24, 2.45) is 5.92 Å². The molecule has 8 heteroatoms. The van der Waals surface area contributed by atoms with Gasteiger partial charge >= 0.3 is 5.97 Å². The third-order valence-corrected chi connectivity index (χ3v) is 5.30. The highest BCUT2D eigenvalue weighted by Gasteiger charge is 2.25. The number of benzene rings is 1. The Kier molecular flexibility index (Phi) is 6.52. The van der Waals surface area contributed by atoms with Gasteiger partial charge in [-0.05, 0) is 59.7 Å². The summed E-state index contributed by atoms with van der Waals surface area (Å²) in [6.45, 7) is 1.84. The van der Waals surface area contributed by atoms with E-state index in [4.69, 9.17) is 4.74 Å². The summed E-state index contributed by atoms with van der Waals surface area (Å²) in [6.07, 6.45) is 4.09. The molecule has 136 valence electrons. The van der Waals surface area contributed by atoms with Gasteiger partial charge in [-0.25, -0.2) is 4.79 Å². The lowest BCUT2D eigenvalue weighted by Gasteiger charge is -2.33. The first kappa shape index (κ1) is 19.4. The van der Waals surface area contributed by atoms with Crippen LogP contribution in [-0.4, -0.2) is 41.4 Å². The molecule has 1 saturated carbocycles. The van der Waals surface area contributed by atoms with Crippen molar-refractivity contribution in [1.82, 2.24) is 4.90 Å². The number of nitro groups is 1. The standard InChI is InChI=1S/C17H21BrN2O5/c1-11-3-6-13(7-4-11)19(2)16(21)10-25-17(22)12-5-8-14(18)15(9-12)20(23)24/h5,8-9,11,13H,3-4,6-7,10H2,1-2H3. The molecule has 1 aliphatic carbocycles. The Morgan fingerprint density at radius 2 is 1.96 bits per heavy atom. The van der Waals surface area contributed by atoms with E-state index in [1.807, 2.05) is 0 Å². The number of nitrogens with zero attached hydrogens (tertiary/aromatic N) is 2. The van der Waals surface area contributed by atoms with Crippen molar-refractivity contribution in [3.8, 4) is 0 Å². The van der Waals surface area contributed by atoms with Gasteiger partial charge in [0.2, 0.25) is 0 Å². The second-order valence-electron chi connectivity index (χ2n) is 6.42. The van der Waals surface area contributed by atoms with Crippen LogP contribution in [-0.2, 0) is 9.53 Å². The van der Waals surface area contributed by atoms with Crippen LogP contribution < -0.4 is 0 Å². The van der Waals surface area contributed by atoms with E-state index in [0.717, 1.165) is 31.7 Å². The summed E-state index contributed by atoms with van der Waals surface area (Å²) >= 11 is 3.06. The Hall–Kier alpha value is -1.96. The Balaban J connectivity index is 1.92. The highest BCUT2D eigenvalue weighted by molar-refractivity contribution is 9.10. The fraction of sp³-hybridized carbons (Fsp3) is 0.529. The van der Waals surface area contributed by atoms with Crippen LogP contribution in [0.25, 0.3) is 0 Å². The predicted octanol–water partition coefficient (Wildman–Crippen LogP) is 3.55. The van der Waals surface area contributed by atoms with Gasteiger partial charge in [0.15, 0.2) is 6.61 Å². The van der Waals surface area contributed by atoms with Crippen LogP contribution in [0.3, 0.4) is 0 Å². The normalized spacial score (nSPS) is 20.0. The van der Waals surface area contributed by atoms with Crippen molar-refractivity contribution >= 4 is 33.5 Å². The minimum absolute atomic E-state index is 0.0387. The number of nitro benzene ring substituents is 1. The van der Waals surface area contributed by atoms with E-state index >= 15 is 0 Å². The molecule has 1 aliphatic rings. The first-order valence-corrected chi connectivity index (χ1v) is 8.95. The zero-order valence-corrected chi connectivity index (χ0v) is 15.8. The highest BCUT2D eigenvalue weighted by Crippen LogP contribution is 2.27. The number of amides is 1. The molecular weight excluding hydrogens is 392 g/mol. The summed E-state index contributed by atoms with van der Waals surface area (Å²) in [4.78, 5) is 36.2. The molecule has 0 radical (unpaired) electrons. The maximum absolute atomic E-state index is 12.2. The van der Waals surface area contributed by atoms with Gasteiger partial charge in [0, 0.05) is 19.2 Å². The molecule has 1 aromatic rings. The lowest BCUT2D eigenvalue weighted by Crippen LogP contribution is -2.41. The van der Waals surface area contributed by atoms with Gasteiger partial charge in [0.25, 0.3) is 11.6 Å². The number of halogens is 1. The number of ether oxygens (including phenoxy) is 1. The summed E-state index contributed by atoms with van der Waals surface area (Å²) in [6, 6.07) is 4.13. The van der Waals surface area contributed by atoms with Gasteiger partial charge in [-0.3, -0.25) is 14.9 Å². The summed E-state index contributed by atoms with van der Waals surface area (Å²) < 4.78 is 5.30. The monoisotopic (exact) mass is 412 g/mol. The Morgan fingerprint density at radius 3 is 2.56 bits per heavy atom. The van der Waals surface area contributed by atoms with Crippen molar-refractivity contribution in [3.05, 3.63) is 38.3 Å². The van der Waals surface area contributed by atoms with Crippen molar-refractivity contribution in [1.29, 1.82) is 0 Å². The van der Waals surface area contributed by atoms with Crippen molar-refractivity contribution in [2.75, 3.05) is 13.7 Å². The van der Waals surface area contributed by atoms with Crippen LogP contribution in [0.2, 0.25) is 0 Å². The first-order chi connectivity index (χ1) is 11.8. The number of carbonyl (C=O) groups excluding carboxylic acids is 2. The molecule has 0 aromatic heterocycles. The van der Waals surface area contributed by atoms with E-state index in [2.05, 4.69) is 22.9 Å². The molecule has 1 aromatic carbocycles. The summed E-state index contributed by atoms with van der Waals surface area (Å²) in [7, 11) is 1.72. The maximum atomic E-state index is 12.2. The fourth-order valence-corrected chi connectivity index (χ4v) is 3.32. The van der Waals surface area contributed by atoms with Crippen LogP contribution in [0.15, 0.2) is 22.7 Å². The summed E-state index contributed by atoms with van der Waals surface area (Å²) in [5.74, 6) is -0.333. The second kappa shape index (κ2) is 8.42. The number of hydrogen-bond acceptors (Lipinski definition) is 5. The number of hydrogen-bond donors (Lipinski definition) is 0. The SMILES string of the molecule is CC1CCC(N(C)C(=O)COC(=O)c2ccc(Br)c([N+](=O)[O-])c2)CC1. The fourth-order valence-electron chi connectivity index (χ4n) is 2.93. The largest absolute Gasteiger partial charge is 0.452 e. The zero-order valence-electron chi connectivity index (χ0n) is 14.2. The molecule has 0 saturated heterocycles. The number of likely N-dealkylation sites (N-methyl/N-ethyl adjacent to an activating group) is 1. The topological polar surface area (TPSA) is 89.8 Å². The van der Waals surface area contributed by atoms with Crippen LogP contribution in [0, 0.1) is 16.0 Å². The molecule has 2 rings (SSSR count). The molecule has 0 N–H and O–H groups in total. The van der Waals surface area contributed by atoms with Gasteiger partial charge in [0.05, 0.1) is 15.0 Å². The third kappa shape index (κ3) is 5.01. The molecule has 0 heterocycles. The van der Waals surface area contributed by atoms with E-state index in [0.29, 0.717) is 5.92 Å². The maximum Gasteiger partial charge on any atom is 0.338 e. The van der Waals surface area contributed by atoms with Crippen molar-refractivity contribution in [2.45, 2.75) is 38.6 Å². The predicted molar refractivity (Wildman–Crippen MR) is 95.3 cm³/mol. The van der Waals surface area contributed by atoms with Gasteiger partial charge in [-0.2, -0.15) is 0 Å². The number of rotatable bonds is 5. The molecule has 7 nitrogen and oxygen atoms in total. The summed E-state index contributed by atoms with van der Waals surface area (Å²) in [5.41, 5.74) is -0.189. The minimum atomic E-state index is -0.755. The van der Waals surface area contributed by atoms with Crippen LogP contribution in [0.1, 0.15) is 43.0 Å². The Morgan fingerprint density at radius 1 is 1.32 bits per heavy atom. The van der Waals surface area contributed by atoms with E-state index < -0.39 is 10.9 Å². The third-order valence-electron chi connectivity index (χ3n) is 4.63. The molecule has 0 aliphatic heterocycles. The number of carbonyl (C=O) groups is 2. The average molecular weight is 413 g/mol. The van der Waals surface area contributed by atoms with Gasteiger partial charge in [-0.1, -0.05) is 6.92 Å². The van der Waals surface area contributed by atoms with Crippen LogP contribution >= 0.6 is 15.9 Å². The smallest absolute Gasteiger partial charge is 0.338 e. The summed E-state index contributed by atoms with van der Waals surface area (Å²) in [5, 5.41) is 10.9. The van der Waals surface area contributed by atoms with Crippen LogP contribution in [0.4, 0.5) is 5.69 Å². The highest BCUT2D eigenvalue weighted by atomic mass is 79.9. The molecular formula is C17H21BrN2O5. The van der Waals surface area contributed by atoms with E-state index in [9.17, 15) is 19.7 Å². The molecule has 0 spiro atoms. The van der Waals surface area contributed by atoms with E-state index in [1.165, 1.54) is 12.1 Å². The lowest BCUT2D eigenvalue weighted by molar-refractivity contribution is -0.385. The van der Waals surface area contributed by atoms with Gasteiger partial charge < -0.3 is 9.64 Å². The average Bonchev–Trinajstić information content (AvgIpc) is 2.59. The second-order valence-corrected chi connectivity index (χ2v) is 7.27. The minimum Gasteiger partial charge on any atom is -0.452 e. The quantitative estimate of drug-likeness (QED) is 0.418. The molecule has 0 bridgehead atoms. The zero-order chi connectivity index (χ0) is 18.6. The molecule has 1 amide bonds. The van der Waals surface area contributed by atoms with Crippen molar-refractivity contribution < 1.29 is 19.2 Å².